The van der Waals surface area contributed by atoms with Gasteiger partial charge in [0.1, 0.15) is 0 Å². The van der Waals surface area contributed by atoms with E-state index in [1.54, 1.807) is 0 Å². The first-order valence-electron chi connectivity index (χ1n) is 5.35. The van der Waals surface area contributed by atoms with Gasteiger partial charge in [-0.2, -0.15) is 0 Å². The first-order valence-corrected chi connectivity index (χ1v) is 5.93. The van der Waals surface area contributed by atoms with Crippen molar-refractivity contribution in [3.05, 3.63) is 12.4 Å². The van der Waals surface area contributed by atoms with Gasteiger partial charge in [0.2, 0.25) is 5.95 Å². The van der Waals surface area contributed by atoms with Gasteiger partial charge in [0.05, 0.1) is 0 Å². The summed E-state index contributed by atoms with van der Waals surface area (Å²) in [4.78, 5) is 11.0. The number of hydrogen-bond donors (Lipinski definition) is 1. The molecule has 2 fully saturated rings. The maximum absolute atomic E-state index is 4.36. The molecule has 0 amide bonds. The van der Waals surface area contributed by atoms with Gasteiger partial charge in [-0.3, -0.25) is 0 Å². The van der Waals surface area contributed by atoms with Crippen LogP contribution in [0.3, 0.4) is 0 Å². The van der Waals surface area contributed by atoms with Crippen LogP contribution >= 0.6 is 9.24 Å². The van der Waals surface area contributed by atoms with Crippen LogP contribution in [0.5, 0.6) is 0 Å². The fourth-order valence-electron chi connectivity index (χ4n) is 2.11. The van der Waals surface area contributed by atoms with Gasteiger partial charge in [-0.25, -0.2) is 9.97 Å². The molecule has 0 radical (unpaired) electrons. The lowest BCUT2D eigenvalue weighted by Gasteiger charge is -2.33. The van der Waals surface area contributed by atoms with Gasteiger partial charge >= 0.3 is 0 Å². The average molecular weight is 222 g/mol. The number of piperazine rings is 1. The summed E-state index contributed by atoms with van der Waals surface area (Å²) in [6, 6.07) is 0. The Morgan fingerprint density at radius 1 is 1.33 bits per heavy atom. The summed E-state index contributed by atoms with van der Waals surface area (Å²) in [6.45, 7) is 3.12. The van der Waals surface area contributed by atoms with Crippen LogP contribution in [0.25, 0.3) is 0 Å². The molecule has 1 unspecified atom stereocenters. The molecule has 1 saturated carbocycles. The molecule has 1 atom stereocenters. The summed E-state index contributed by atoms with van der Waals surface area (Å²) in [7, 11) is 2.61. The summed E-state index contributed by atoms with van der Waals surface area (Å²) in [5.74, 6) is 0.869. The predicted molar refractivity (Wildman–Crippen MR) is 63.6 cm³/mol. The van der Waals surface area contributed by atoms with Gasteiger partial charge in [0.15, 0.2) is 0 Å². The second-order valence-corrected chi connectivity index (χ2v) is 5.11. The first kappa shape index (κ1) is 9.49. The Morgan fingerprint density at radius 2 is 2.07 bits per heavy atom. The Kier molecular flexibility index (Phi) is 2.15. The van der Waals surface area contributed by atoms with Crippen LogP contribution in [-0.4, -0.2) is 35.1 Å². The lowest BCUT2D eigenvalue weighted by atomic mass is 10.2. The minimum Gasteiger partial charge on any atom is -0.338 e. The van der Waals surface area contributed by atoms with Gasteiger partial charge in [-0.05, 0) is 12.8 Å². The third-order valence-electron chi connectivity index (χ3n) is 3.17. The van der Waals surface area contributed by atoms with Crippen molar-refractivity contribution in [2.45, 2.75) is 18.4 Å². The quantitative estimate of drug-likeness (QED) is 0.675. The number of rotatable bonds is 1. The maximum Gasteiger partial charge on any atom is 0.225 e. The molecular weight excluding hydrogens is 207 g/mol. The second kappa shape index (κ2) is 3.39. The van der Waals surface area contributed by atoms with Gasteiger partial charge < -0.3 is 10.2 Å². The second-order valence-electron chi connectivity index (χ2n) is 4.45. The van der Waals surface area contributed by atoms with Crippen molar-refractivity contribution in [3.8, 4) is 0 Å². The molecule has 0 bridgehead atoms. The van der Waals surface area contributed by atoms with Crippen molar-refractivity contribution >= 4 is 20.5 Å². The molecule has 1 spiro atoms. The average Bonchev–Trinajstić information content (AvgIpc) is 2.99. The van der Waals surface area contributed by atoms with E-state index in [0.29, 0.717) is 5.54 Å². The molecule has 3 rings (SSSR count). The van der Waals surface area contributed by atoms with E-state index < -0.39 is 0 Å². The lowest BCUT2D eigenvalue weighted by molar-refractivity contribution is 0.438. The fraction of sp³-hybridized carbons (Fsp3) is 0.600. The van der Waals surface area contributed by atoms with E-state index in [1.165, 1.54) is 12.8 Å². The van der Waals surface area contributed by atoms with Crippen molar-refractivity contribution in [2.75, 3.05) is 24.5 Å². The first-order chi connectivity index (χ1) is 7.27. The molecule has 4 nitrogen and oxygen atoms in total. The third kappa shape index (κ3) is 1.84. The third-order valence-corrected chi connectivity index (χ3v) is 3.47. The van der Waals surface area contributed by atoms with E-state index in [4.69, 9.17) is 0 Å². The van der Waals surface area contributed by atoms with Gasteiger partial charge in [0.25, 0.3) is 0 Å². The van der Waals surface area contributed by atoms with Gasteiger partial charge in [0, 0.05) is 42.9 Å². The molecule has 2 heterocycles. The van der Waals surface area contributed by atoms with E-state index >= 15 is 0 Å². The molecule has 2 aliphatic rings. The number of hydrogen-bond acceptors (Lipinski definition) is 4. The summed E-state index contributed by atoms with van der Waals surface area (Å²) in [5, 5.41) is 4.62. The van der Waals surface area contributed by atoms with E-state index in [0.717, 1.165) is 30.9 Å². The van der Waals surface area contributed by atoms with Crippen molar-refractivity contribution in [3.63, 3.8) is 0 Å². The Balaban J connectivity index is 1.78. The molecule has 1 aliphatic heterocycles. The van der Waals surface area contributed by atoms with Crippen LogP contribution in [0.15, 0.2) is 12.4 Å². The molecule has 5 heteroatoms. The van der Waals surface area contributed by atoms with E-state index in [9.17, 15) is 0 Å². The molecule has 15 heavy (non-hydrogen) atoms. The molecule has 1 N–H and O–H groups in total. The van der Waals surface area contributed by atoms with E-state index in [-0.39, 0.29) is 0 Å². The monoisotopic (exact) mass is 222 g/mol. The van der Waals surface area contributed by atoms with Crippen molar-refractivity contribution in [2.24, 2.45) is 0 Å². The van der Waals surface area contributed by atoms with Crippen molar-refractivity contribution in [1.29, 1.82) is 0 Å². The molecular formula is C10H15N4P. The minimum absolute atomic E-state index is 0.390. The van der Waals surface area contributed by atoms with Crippen LogP contribution in [0.4, 0.5) is 5.95 Å². The molecule has 1 aromatic heterocycles. The van der Waals surface area contributed by atoms with Crippen LogP contribution in [0.1, 0.15) is 12.8 Å². The lowest BCUT2D eigenvalue weighted by Crippen LogP contribution is -2.53. The highest BCUT2D eigenvalue weighted by Crippen LogP contribution is 2.37. The Hall–Kier alpha value is -0.730. The fourth-order valence-corrected chi connectivity index (χ4v) is 2.26. The SMILES string of the molecule is Pc1cnc(N2CCNC3(CC3)C2)nc1. The molecule has 1 aliphatic carbocycles. The molecule has 1 aromatic rings. The van der Waals surface area contributed by atoms with Gasteiger partial charge in [-0.15, -0.1) is 9.24 Å². The molecule has 80 valence electrons. The predicted octanol–water partition coefficient (Wildman–Crippen LogP) is -0.0808. The Morgan fingerprint density at radius 3 is 2.73 bits per heavy atom. The summed E-state index contributed by atoms with van der Waals surface area (Å²) in [5.41, 5.74) is 0.390. The standard InChI is InChI=1S/C10H15N4P/c15-8-5-11-9(12-6-8)14-4-3-13-10(7-14)1-2-10/h5-6,13H,1-4,7,15H2. The highest BCUT2D eigenvalue weighted by molar-refractivity contribution is 7.27. The van der Waals surface area contributed by atoms with Crippen molar-refractivity contribution in [1.82, 2.24) is 15.3 Å². The number of anilines is 1. The zero-order valence-electron chi connectivity index (χ0n) is 8.61. The van der Waals surface area contributed by atoms with Crippen LogP contribution < -0.4 is 15.5 Å². The normalized spacial score (nSPS) is 23.1. The Labute approximate surface area is 91.7 Å². The zero-order chi connectivity index (χ0) is 10.3. The number of aromatic nitrogens is 2. The minimum atomic E-state index is 0.390. The zero-order valence-corrected chi connectivity index (χ0v) is 9.76. The summed E-state index contributed by atoms with van der Waals surface area (Å²) < 4.78 is 0. The number of nitrogens with zero attached hydrogens (tertiary/aromatic N) is 3. The van der Waals surface area contributed by atoms with Crippen LogP contribution in [-0.2, 0) is 0 Å². The van der Waals surface area contributed by atoms with Crippen LogP contribution in [0.2, 0.25) is 0 Å². The summed E-state index contributed by atoms with van der Waals surface area (Å²) >= 11 is 0. The smallest absolute Gasteiger partial charge is 0.225 e. The highest BCUT2D eigenvalue weighted by atomic mass is 31.0. The van der Waals surface area contributed by atoms with Gasteiger partial charge in [-0.1, -0.05) is 0 Å². The maximum atomic E-state index is 4.36. The summed E-state index contributed by atoms with van der Waals surface area (Å²) in [6.07, 6.45) is 6.31. The Bertz CT molecular complexity index is 360. The largest absolute Gasteiger partial charge is 0.338 e. The number of nitrogens with one attached hydrogen (secondary N) is 1. The molecule has 1 saturated heterocycles. The van der Waals surface area contributed by atoms with E-state index in [1.807, 2.05) is 12.4 Å². The highest BCUT2D eigenvalue weighted by Gasteiger charge is 2.45. The topological polar surface area (TPSA) is 41.1 Å². The van der Waals surface area contributed by atoms with E-state index in [2.05, 4.69) is 29.4 Å². The van der Waals surface area contributed by atoms with Crippen molar-refractivity contribution < 1.29 is 0 Å². The molecule has 0 aromatic carbocycles. The van der Waals surface area contributed by atoms with Crippen LogP contribution in [0, 0.1) is 0 Å².